The summed E-state index contributed by atoms with van der Waals surface area (Å²) in [6, 6.07) is 0. The first-order valence-electron chi connectivity index (χ1n) is 13.9. The summed E-state index contributed by atoms with van der Waals surface area (Å²) in [7, 11) is 0. The van der Waals surface area contributed by atoms with Crippen LogP contribution in [0.1, 0.15) is 168 Å². The van der Waals surface area contributed by atoms with E-state index in [1.54, 1.807) is 0 Å². The molecule has 0 rings (SSSR count). The van der Waals surface area contributed by atoms with E-state index in [2.05, 4.69) is 20.8 Å². The van der Waals surface area contributed by atoms with Crippen molar-refractivity contribution in [1.82, 2.24) is 0 Å². The summed E-state index contributed by atoms with van der Waals surface area (Å²) in [5.74, 6) is 0.770. The molecule has 1 heteroatoms. The maximum atomic E-state index is 10.6. The van der Waals surface area contributed by atoms with Gasteiger partial charge in [-0.1, -0.05) is 156 Å². The van der Waals surface area contributed by atoms with Crippen molar-refractivity contribution < 1.29 is 5.11 Å². The van der Waals surface area contributed by atoms with Crippen LogP contribution >= 0.6 is 0 Å². The number of rotatable bonds is 24. The van der Waals surface area contributed by atoms with E-state index in [9.17, 15) is 5.11 Å². The molecule has 2 atom stereocenters. The van der Waals surface area contributed by atoms with Gasteiger partial charge >= 0.3 is 0 Å². The van der Waals surface area contributed by atoms with E-state index in [-0.39, 0.29) is 6.10 Å². The van der Waals surface area contributed by atoms with E-state index in [0.29, 0.717) is 0 Å². The minimum Gasteiger partial charge on any atom is -0.393 e. The number of hydrogen-bond donors (Lipinski definition) is 1. The monoisotopic (exact) mass is 410 g/mol. The third-order valence-electron chi connectivity index (χ3n) is 6.68. The molecule has 1 N–H and O–H groups in total. The summed E-state index contributed by atoms with van der Waals surface area (Å²) in [4.78, 5) is 0. The Labute approximate surface area is 185 Å². The maximum Gasteiger partial charge on any atom is 0.0542 e. The molecule has 0 aliphatic heterocycles. The molecule has 0 aromatic heterocycles. The number of aliphatic hydroxyl groups is 1. The van der Waals surface area contributed by atoms with E-state index < -0.39 is 0 Å². The zero-order valence-electron chi connectivity index (χ0n) is 20.9. The molecule has 2 unspecified atom stereocenters. The normalized spacial score (nSPS) is 13.7. The highest BCUT2D eigenvalue weighted by molar-refractivity contribution is 4.67. The van der Waals surface area contributed by atoms with Gasteiger partial charge in [-0.05, 0) is 18.8 Å². The molecule has 0 spiro atoms. The molecule has 0 aromatic carbocycles. The average Bonchev–Trinajstić information content (AvgIpc) is 2.72. The Morgan fingerprint density at radius 2 is 0.724 bits per heavy atom. The molecule has 0 heterocycles. The van der Waals surface area contributed by atoms with Crippen molar-refractivity contribution in [1.29, 1.82) is 0 Å². The van der Waals surface area contributed by atoms with Gasteiger partial charge in [-0.3, -0.25) is 0 Å². The fourth-order valence-electron chi connectivity index (χ4n) is 4.65. The van der Waals surface area contributed by atoms with E-state index in [4.69, 9.17) is 0 Å². The first-order valence-corrected chi connectivity index (χ1v) is 13.9. The molecule has 29 heavy (non-hydrogen) atoms. The maximum absolute atomic E-state index is 10.6. The van der Waals surface area contributed by atoms with E-state index in [1.807, 2.05) is 0 Å². The van der Waals surface area contributed by atoms with E-state index in [0.717, 1.165) is 18.8 Å². The van der Waals surface area contributed by atoms with Crippen molar-refractivity contribution in [2.45, 2.75) is 175 Å². The van der Waals surface area contributed by atoms with E-state index >= 15 is 0 Å². The molecule has 0 saturated carbocycles. The second-order valence-corrected chi connectivity index (χ2v) is 9.78. The highest BCUT2D eigenvalue weighted by Crippen LogP contribution is 2.25. The van der Waals surface area contributed by atoms with Gasteiger partial charge < -0.3 is 5.11 Å². The Bertz CT molecular complexity index is 288. The Hall–Kier alpha value is -0.0400. The fraction of sp³-hybridized carbons (Fsp3) is 1.00. The molecule has 176 valence electrons. The van der Waals surface area contributed by atoms with Crippen molar-refractivity contribution in [3.05, 3.63) is 0 Å². The van der Waals surface area contributed by atoms with Gasteiger partial charge in [0.15, 0.2) is 0 Å². The van der Waals surface area contributed by atoms with Gasteiger partial charge in [0, 0.05) is 0 Å². The van der Waals surface area contributed by atoms with Crippen LogP contribution in [0.5, 0.6) is 0 Å². The van der Waals surface area contributed by atoms with Crippen molar-refractivity contribution >= 4 is 0 Å². The first kappa shape index (κ1) is 29.0. The molecule has 0 amide bonds. The van der Waals surface area contributed by atoms with Crippen molar-refractivity contribution in [3.63, 3.8) is 0 Å². The van der Waals surface area contributed by atoms with Crippen molar-refractivity contribution in [2.75, 3.05) is 0 Å². The topological polar surface area (TPSA) is 20.2 Å². The van der Waals surface area contributed by atoms with Crippen LogP contribution in [0.3, 0.4) is 0 Å². The standard InChI is InChI=1S/C28H58O/c1-4-7-10-13-15-16-17-19-22-25-28(29)26-27(23-20-12-9-6-3)24-21-18-14-11-8-5-2/h27-29H,4-26H2,1-3H3. The van der Waals surface area contributed by atoms with Crippen molar-refractivity contribution in [3.8, 4) is 0 Å². The lowest BCUT2D eigenvalue weighted by Crippen LogP contribution is -2.14. The predicted octanol–water partition coefficient (Wildman–Crippen LogP) is 10.00. The molecule has 0 radical (unpaired) electrons. The van der Waals surface area contributed by atoms with Crippen LogP contribution in [0.25, 0.3) is 0 Å². The Morgan fingerprint density at radius 3 is 1.14 bits per heavy atom. The molecule has 0 aliphatic rings. The predicted molar refractivity (Wildman–Crippen MR) is 133 cm³/mol. The summed E-state index contributed by atoms with van der Waals surface area (Å²) in [6.45, 7) is 6.87. The number of aliphatic hydroxyl groups excluding tert-OH is 1. The van der Waals surface area contributed by atoms with Gasteiger partial charge in [-0.15, -0.1) is 0 Å². The molecular formula is C28H58O. The van der Waals surface area contributed by atoms with Gasteiger partial charge in [-0.25, -0.2) is 0 Å². The SMILES string of the molecule is CCCCCCCCCCCC(O)CC(CCCCCC)CCCCCCCC. The lowest BCUT2D eigenvalue weighted by atomic mass is 9.88. The third kappa shape index (κ3) is 22.5. The Morgan fingerprint density at radius 1 is 0.414 bits per heavy atom. The van der Waals surface area contributed by atoms with Gasteiger partial charge in [-0.2, -0.15) is 0 Å². The van der Waals surface area contributed by atoms with Crippen LogP contribution in [-0.2, 0) is 0 Å². The van der Waals surface area contributed by atoms with Crippen LogP contribution < -0.4 is 0 Å². The number of hydrogen-bond acceptors (Lipinski definition) is 1. The minimum absolute atomic E-state index is 0.0455. The molecular weight excluding hydrogens is 352 g/mol. The highest BCUT2D eigenvalue weighted by Gasteiger charge is 2.14. The largest absolute Gasteiger partial charge is 0.393 e. The zero-order chi connectivity index (χ0) is 21.4. The summed E-state index contributed by atoms with van der Waals surface area (Å²) in [5.41, 5.74) is 0. The molecule has 0 saturated heterocycles. The zero-order valence-corrected chi connectivity index (χ0v) is 20.9. The Balaban J connectivity index is 3.84. The summed E-state index contributed by atoms with van der Waals surface area (Å²) >= 11 is 0. The smallest absolute Gasteiger partial charge is 0.0542 e. The van der Waals surface area contributed by atoms with Gasteiger partial charge in [0.2, 0.25) is 0 Å². The van der Waals surface area contributed by atoms with Crippen molar-refractivity contribution in [2.24, 2.45) is 5.92 Å². The third-order valence-corrected chi connectivity index (χ3v) is 6.68. The van der Waals surface area contributed by atoms with Crippen LogP contribution in [0.2, 0.25) is 0 Å². The molecule has 1 nitrogen and oxygen atoms in total. The second kappa shape index (κ2) is 24.2. The molecule has 0 bridgehead atoms. The second-order valence-electron chi connectivity index (χ2n) is 9.78. The average molecular weight is 411 g/mol. The Kier molecular flexibility index (Phi) is 24.2. The number of unbranched alkanes of at least 4 members (excludes halogenated alkanes) is 16. The van der Waals surface area contributed by atoms with Gasteiger partial charge in [0.1, 0.15) is 0 Å². The molecule has 0 fully saturated rings. The van der Waals surface area contributed by atoms with Gasteiger partial charge in [0.05, 0.1) is 6.10 Å². The summed E-state index contributed by atoms with van der Waals surface area (Å²) < 4.78 is 0. The summed E-state index contributed by atoms with van der Waals surface area (Å²) in [6.07, 6.45) is 30.9. The van der Waals surface area contributed by atoms with E-state index in [1.165, 1.54) is 135 Å². The van der Waals surface area contributed by atoms with Gasteiger partial charge in [0.25, 0.3) is 0 Å². The minimum atomic E-state index is -0.0455. The van der Waals surface area contributed by atoms with Crippen LogP contribution in [0, 0.1) is 5.92 Å². The molecule has 0 aromatic rings. The van der Waals surface area contributed by atoms with Crippen LogP contribution in [0.4, 0.5) is 0 Å². The summed E-state index contributed by atoms with van der Waals surface area (Å²) in [5, 5.41) is 10.6. The van der Waals surface area contributed by atoms with Crippen LogP contribution in [0.15, 0.2) is 0 Å². The quantitative estimate of drug-likeness (QED) is 0.157. The van der Waals surface area contributed by atoms with Crippen LogP contribution in [-0.4, -0.2) is 11.2 Å². The fourth-order valence-corrected chi connectivity index (χ4v) is 4.65. The highest BCUT2D eigenvalue weighted by atomic mass is 16.3. The first-order chi connectivity index (χ1) is 14.2. The molecule has 0 aliphatic carbocycles. The lowest BCUT2D eigenvalue weighted by Gasteiger charge is -2.20. The lowest BCUT2D eigenvalue weighted by molar-refractivity contribution is 0.123.